The molecular weight excluding hydrogens is 354 g/mol. The fraction of sp³-hybridized carbons (Fsp3) is 0.696. The molecule has 0 aliphatic carbocycles. The van der Waals surface area contributed by atoms with Crippen LogP contribution in [0.25, 0.3) is 0 Å². The maximum Gasteiger partial charge on any atom is 0.320 e. The Labute approximate surface area is 169 Å². The highest BCUT2D eigenvalue weighted by Gasteiger charge is 2.44. The molecule has 156 valence electrons. The van der Waals surface area contributed by atoms with Crippen molar-refractivity contribution >= 4 is 5.97 Å². The first-order valence-electron chi connectivity index (χ1n) is 11.0. The van der Waals surface area contributed by atoms with E-state index < -0.39 is 5.97 Å². The number of hydrogen-bond donors (Lipinski definition) is 1. The van der Waals surface area contributed by atoms with Crippen molar-refractivity contribution in [2.24, 2.45) is 0 Å². The molecule has 1 N–H and O–H groups in total. The van der Waals surface area contributed by atoms with Crippen LogP contribution in [0.5, 0.6) is 11.5 Å². The minimum absolute atomic E-state index is 0.00310. The van der Waals surface area contributed by atoms with Gasteiger partial charge in [-0.05, 0) is 57.0 Å². The van der Waals surface area contributed by atoms with Gasteiger partial charge in [0.25, 0.3) is 0 Å². The lowest BCUT2D eigenvalue weighted by molar-refractivity contribution is -0.144. The number of carboxylic acids is 1. The number of fused-ring (bicyclic) bond motifs is 2. The number of likely N-dealkylation sites (tertiary alicyclic amines) is 1. The molecule has 0 aromatic heterocycles. The van der Waals surface area contributed by atoms with Crippen LogP contribution in [0.1, 0.15) is 70.8 Å². The van der Waals surface area contributed by atoms with Gasteiger partial charge in [-0.2, -0.15) is 0 Å². The molecule has 1 saturated heterocycles. The Hall–Kier alpha value is -1.75. The first kappa shape index (κ1) is 21.0. The van der Waals surface area contributed by atoms with E-state index in [-0.39, 0.29) is 11.5 Å². The highest BCUT2D eigenvalue weighted by Crippen LogP contribution is 2.47. The van der Waals surface area contributed by atoms with Gasteiger partial charge < -0.3 is 14.6 Å². The maximum absolute atomic E-state index is 11.5. The largest absolute Gasteiger partial charge is 0.494 e. The summed E-state index contributed by atoms with van der Waals surface area (Å²) in [4.78, 5) is 13.6. The average Bonchev–Trinajstić information content (AvgIpc) is 3.04. The summed E-state index contributed by atoms with van der Waals surface area (Å²) >= 11 is 0. The van der Waals surface area contributed by atoms with Gasteiger partial charge in [0.1, 0.15) is 17.5 Å². The minimum Gasteiger partial charge on any atom is -0.494 e. The van der Waals surface area contributed by atoms with Crippen LogP contribution in [0.4, 0.5) is 0 Å². The molecule has 2 aliphatic heterocycles. The third kappa shape index (κ3) is 4.62. The van der Waals surface area contributed by atoms with E-state index in [1.54, 1.807) is 0 Å². The molecule has 1 unspecified atom stereocenters. The quantitative estimate of drug-likeness (QED) is 0.592. The summed E-state index contributed by atoms with van der Waals surface area (Å²) < 4.78 is 12.0. The van der Waals surface area contributed by atoms with Crippen molar-refractivity contribution in [3.63, 3.8) is 0 Å². The summed E-state index contributed by atoms with van der Waals surface area (Å²) in [7, 11) is 0. The van der Waals surface area contributed by atoms with Crippen LogP contribution in [0.3, 0.4) is 0 Å². The smallest absolute Gasteiger partial charge is 0.320 e. The van der Waals surface area contributed by atoms with E-state index in [4.69, 9.17) is 9.47 Å². The van der Waals surface area contributed by atoms with Gasteiger partial charge in [-0.15, -0.1) is 0 Å². The van der Waals surface area contributed by atoms with E-state index in [9.17, 15) is 9.90 Å². The summed E-state index contributed by atoms with van der Waals surface area (Å²) in [5, 5.41) is 9.44. The Kier molecular flexibility index (Phi) is 7.22. The topological polar surface area (TPSA) is 59.0 Å². The summed E-state index contributed by atoms with van der Waals surface area (Å²) in [6.07, 6.45) is 8.69. The normalized spacial score (nSPS) is 19.2. The molecule has 1 spiro atoms. The fourth-order valence-electron chi connectivity index (χ4n) is 4.59. The monoisotopic (exact) mass is 389 g/mol. The van der Waals surface area contributed by atoms with Crippen LogP contribution in [0, 0.1) is 0 Å². The Balaban J connectivity index is 1.59. The van der Waals surface area contributed by atoms with Crippen LogP contribution in [-0.2, 0) is 10.2 Å². The van der Waals surface area contributed by atoms with E-state index in [1.807, 2.05) is 19.1 Å². The molecule has 3 rings (SSSR count). The van der Waals surface area contributed by atoms with Crippen LogP contribution in [-0.4, -0.2) is 48.3 Å². The van der Waals surface area contributed by atoms with Crippen LogP contribution >= 0.6 is 0 Å². The first-order chi connectivity index (χ1) is 13.6. The molecule has 1 aromatic carbocycles. The van der Waals surface area contributed by atoms with Crippen molar-refractivity contribution in [3.05, 3.63) is 23.8 Å². The Morgan fingerprint density at radius 2 is 1.96 bits per heavy atom. The second-order valence-corrected chi connectivity index (χ2v) is 8.29. The first-order valence-corrected chi connectivity index (χ1v) is 11.0. The van der Waals surface area contributed by atoms with Crippen molar-refractivity contribution in [3.8, 4) is 11.5 Å². The van der Waals surface area contributed by atoms with E-state index in [2.05, 4.69) is 17.9 Å². The molecule has 1 fully saturated rings. The van der Waals surface area contributed by atoms with Crippen LogP contribution in [0.2, 0.25) is 0 Å². The molecule has 0 saturated carbocycles. The molecule has 28 heavy (non-hydrogen) atoms. The number of rotatable bonds is 10. The molecule has 2 aliphatic rings. The zero-order valence-electron chi connectivity index (χ0n) is 17.4. The second kappa shape index (κ2) is 9.64. The summed E-state index contributed by atoms with van der Waals surface area (Å²) in [6, 6.07) is 5.84. The number of unbranched alkanes of at least 4 members (excludes halogenated alkanes) is 4. The third-order valence-corrected chi connectivity index (χ3v) is 6.41. The van der Waals surface area contributed by atoms with Crippen molar-refractivity contribution in [1.82, 2.24) is 4.90 Å². The van der Waals surface area contributed by atoms with Gasteiger partial charge in [-0.3, -0.25) is 9.69 Å². The number of carboxylic acid groups (broad SMARTS) is 1. The molecule has 2 heterocycles. The number of benzene rings is 1. The predicted molar refractivity (Wildman–Crippen MR) is 110 cm³/mol. The van der Waals surface area contributed by atoms with Gasteiger partial charge in [0.2, 0.25) is 0 Å². The Bertz CT molecular complexity index is 652. The number of nitrogens with zero attached hydrogens (tertiary/aromatic N) is 1. The molecule has 1 aromatic rings. The van der Waals surface area contributed by atoms with Crippen LogP contribution in [0.15, 0.2) is 18.2 Å². The van der Waals surface area contributed by atoms with Crippen molar-refractivity contribution in [2.45, 2.75) is 76.7 Å². The van der Waals surface area contributed by atoms with E-state index in [0.29, 0.717) is 13.0 Å². The Morgan fingerprint density at radius 1 is 1.21 bits per heavy atom. The van der Waals surface area contributed by atoms with Gasteiger partial charge >= 0.3 is 5.97 Å². The third-order valence-electron chi connectivity index (χ3n) is 6.41. The molecular formula is C23H35NO4. The number of carbonyl (C=O) groups is 1. The van der Waals surface area contributed by atoms with Gasteiger partial charge in [-0.1, -0.05) is 39.5 Å². The SMILES string of the molecule is CCCCCCCOc1ccc2c(c1)C1(CCN(C(CC)C(=O)O)CC1)CO2. The van der Waals surface area contributed by atoms with Gasteiger partial charge in [-0.25, -0.2) is 0 Å². The predicted octanol–water partition coefficient (Wildman–Crippen LogP) is 4.63. The van der Waals surface area contributed by atoms with Crippen LogP contribution < -0.4 is 9.47 Å². The summed E-state index contributed by atoms with van der Waals surface area (Å²) in [6.45, 7) is 7.24. The van der Waals surface area contributed by atoms with E-state index >= 15 is 0 Å². The molecule has 1 atom stereocenters. The van der Waals surface area contributed by atoms with Gasteiger partial charge in [0.05, 0.1) is 13.2 Å². The fourth-order valence-corrected chi connectivity index (χ4v) is 4.59. The number of hydrogen-bond acceptors (Lipinski definition) is 4. The zero-order chi connectivity index (χ0) is 20.0. The number of piperidine rings is 1. The maximum atomic E-state index is 11.5. The zero-order valence-corrected chi connectivity index (χ0v) is 17.4. The van der Waals surface area contributed by atoms with Crippen molar-refractivity contribution in [2.75, 3.05) is 26.3 Å². The molecule has 0 amide bonds. The molecule has 0 radical (unpaired) electrons. The molecule has 5 heteroatoms. The summed E-state index contributed by atoms with van der Waals surface area (Å²) in [5.41, 5.74) is 1.25. The minimum atomic E-state index is -0.712. The van der Waals surface area contributed by atoms with Crippen molar-refractivity contribution < 1.29 is 19.4 Å². The van der Waals surface area contributed by atoms with E-state index in [1.165, 1.54) is 31.2 Å². The highest BCUT2D eigenvalue weighted by molar-refractivity contribution is 5.73. The molecule has 0 bridgehead atoms. The lowest BCUT2D eigenvalue weighted by Crippen LogP contribution is -2.50. The number of ether oxygens (including phenoxy) is 2. The average molecular weight is 390 g/mol. The van der Waals surface area contributed by atoms with E-state index in [0.717, 1.165) is 50.5 Å². The van der Waals surface area contributed by atoms with Crippen molar-refractivity contribution in [1.29, 1.82) is 0 Å². The summed E-state index contributed by atoms with van der Waals surface area (Å²) in [5.74, 6) is 1.18. The molecule has 5 nitrogen and oxygen atoms in total. The Morgan fingerprint density at radius 3 is 2.64 bits per heavy atom. The van der Waals surface area contributed by atoms with Gasteiger partial charge in [0.15, 0.2) is 0 Å². The van der Waals surface area contributed by atoms with Gasteiger partial charge in [0, 0.05) is 11.0 Å². The number of aliphatic carboxylic acids is 1. The standard InChI is InChI=1S/C23H35NO4/c1-3-5-6-7-8-15-27-18-9-10-21-19(16-18)23(17-28-21)11-13-24(14-12-23)20(4-2)22(25)26/h9-10,16,20H,3-8,11-15,17H2,1-2H3,(H,25,26). The lowest BCUT2D eigenvalue weighted by Gasteiger charge is -2.40. The second-order valence-electron chi connectivity index (χ2n) is 8.29. The lowest BCUT2D eigenvalue weighted by atomic mass is 9.74. The highest BCUT2D eigenvalue weighted by atomic mass is 16.5.